The quantitative estimate of drug-likeness (QED) is 0.420. The van der Waals surface area contributed by atoms with Gasteiger partial charge in [0.1, 0.15) is 0 Å². The summed E-state index contributed by atoms with van der Waals surface area (Å²) < 4.78 is 0. The molecular weight excluding hydrogens is 118 g/mol. The highest BCUT2D eigenvalue weighted by Gasteiger charge is 1.78. The first-order chi connectivity index (χ1) is 3.81. The second kappa shape index (κ2) is 4.91. The molecule has 0 aliphatic heterocycles. The van der Waals surface area contributed by atoms with E-state index in [2.05, 4.69) is 11.6 Å². The second-order valence-electron chi connectivity index (χ2n) is 1.39. The van der Waals surface area contributed by atoms with Crippen LogP contribution in [-0.2, 0) is 0 Å². The van der Waals surface area contributed by atoms with E-state index < -0.39 is 0 Å². The SMILES string of the molecule is C=C(CC)N=CSC. The molecule has 0 aromatic carbocycles. The molecule has 2 heteroatoms. The predicted octanol–water partition coefficient (Wildman–Crippen LogP) is 2.30. The van der Waals surface area contributed by atoms with Gasteiger partial charge >= 0.3 is 0 Å². The van der Waals surface area contributed by atoms with E-state index in [0.29, 0.717) is 0 Å². The Morgan fingerprint density at radius 1 is 1.88 bits per heavy atom. The van der Waals surface area contributed by atoms with Gasteiger partial charge in [0.2, 0.25) is 0 Å². The minimum Gasteiger partial charge on any atom is -0.255 e. The zero-order chi connectivity index (χ0) is 6.41. The maximum Gasteiger partial charge on any atom is 0.0597 e. The highest BCUT2D eigenvalue weighted by atomic mass is 32.2. The van der Waals surface area contributed by atoms with Crippen LogP contribution in [0.15, 0.2) is 17.3 Å². The molecule has 0 saturated heterocycles. The molecule has 0 rings (SSSR count). The summed E-state index contributed by atoms with van der Waals surface area (Å²) >= 11 is 1.59. The van der Waals surface area contributed by atoms with Crippen molar-refractivity contribution in [2.75, 3.05) is 6.26 Å². The Morgan fingerprint density at radius 3 is 2.88 bits per heavy atom. The summed E-state index contributed by atoms with van der Waals surface area (Å²) in [6.07, 6.45) is 2.92. The largest absolute Gasteiger partial charge is 0.255 e. The van der Waals surface area contributed by atoms with Crippen LogP contribution in [0.5, 0.6) is 0 Å². The van der Waals surface area contributed by atoms with Crippen LogP contribution in [0.1, 0.15) is 13.3 Å². The summed E-state index contributed by atoms with van der Waals surface area (Å²) in [5.74, 6) is 0. The highest BCUT2D eigenvalue weighted by molar-refractivity contribution is 8.11. The third-order valence-corrected chi connectivity index (χ3v) is 1.07. The van der Waals surface area contributed by atoms with Gasteiger partial charge in [-0.25, -0.2) is 0 Å². The maximum atomic E-state index is 4.00. The number of rotatable bonds is 3. The number of hydrogen-bond acceptors (Lipinski definition) is 2. The van der Waals surface area contributed by atoms with Crippen LogP contribution < -0.4 is 0 Å². The third-order valence-electron chi connectivity index (χ3n) is 0.749. The van der Waals surface area contributed by atoms with Gasteiger partial charge in [0.25, 0.3) is 0 Å². The number of aliphatic imine (C=N–C) groups is 1. The van der Waals surface area contributed by atoms with Gasteiger partial charge in [-0.3, -0.25) is 4.99 Å². The minimum atomic E-state index is 0.942. The lowest BCUT2D eigenvalue weighted by molar-refractivity contribution is 1.08. The predicted molar refractivity (Wildman–Crippen MR) is 41.4 cm³/mol. The van der Waals surface area contributed by atoms with E-state index in [9.17, 15) is 0 Å². The maximum absolute atomic E-state index is 4.00. The normalized spacial score (nSPS) is 10.2. The number of hydrogen-bond donors (Lipinski definition) is 0. The summed E-state index contributed by atoms with van der Waals surface area (Å²) in [5, 5.41) is 0. The van der Waals surface area contributed by atoms with Crippen LogP contribution in [0.4, 0.5) is 0 Å². The van der Waals surface area contributed by atoms with E-state index in [1.165, 1.54) is 0 Å². The van der Waals surface area contributed by atoms with Crippen molar-refractivity contribution in [1.82, 2.24) is 0 Å². The molecule has 0 bridgehead atoms. The lowest BCUT2D eigenvalue weighted by Crippen LogP contribution is -1.69. The van der Waals surface area contributed by atoms with Crippen LogP contribution in [0.3, 0.4) is 0 Å². The van der Waals surface area contributed by atoms with Crippen molar-refractivity contribution in [2.45, 2.75) is 13.3 Å². The Morgan fingerprint density at radius 2 is 2.50 bits per heavy atom. The molecule has 0 spiro atoms. The van der Waals surface area contributed by atoms with Crippen LogP contribution >= 0.6 is 11.8 Å². The van der Waals surface area contributed by atoms with E-state index in [1.807, 2.05) is 13.2 Å². The van der Waals surface area contributed by atoms with E-state index >= 15 is 0 Å². The number of thioether (sulfide) groups is 1. The van der Waals surface area contributed by atoms with Gasteiger partial charge in [-0.1, -0.05) is 13.5 Å². The monoisotopic (exact) mass is 129 g/mol. The number of nitrogens with zero attached hydrogens (tertiary/aromatic N) is 1. The van der Waals surface area contributed by atoms with Crippen molar-refractivity contribution in [3.63, 3.8) is 0 Å². The van der Waals surface area contributed by atoms with Crippen LogP contribution in [0.2, 0.25) is 0 Å². The Hall–Kier alpha value is -0.240. The van der Waals surface area contributed by atoms with Crippen molar-refractivity contribution < 1.29 is 0 Å². The summed E-state index contributed by atoms with van der Waals surface area (Å²) in [5.41, 5.74) is 2.74. The molecule has 0 N–H and O–H groups in total. The summed E-state index contributed by atoms with van der Waals surface area (Å²) in [6.45, 7) is 5.74. The third kappa shape index (κ3) is 3.93. The van der Waals surface area contributed by atoms with E-state index in [1.54, 1.807) is 17.3 Å². The zero-order valence-electron chi connectivity index (χ0n) is 5.35. The Labute approximate surface area is 54.9 Å². The Kier molecular flexibility index (Phi) is 4.76. The van der Waals surface area contributed by atoms with Crippen molar-refractivity contribution >= 4 is 17.3 Å². The van der Waals surface area contributed by atoms with Crippen LogP contribution in [-0.4, -0.2) is 11.8 Å². The average molecular weight is 129 g/mol. The summed E-state index contributed by atoms with van der Waals surface area (Å²) in [7, 11) is 0. The molecule has 0 aliphatic carbocycles. The molecule has 1 nitrogen and oxygen atoms in total. The van der Waals surface area contributed by atoms with Gasteiger partial charge in [0.15, 0.2) is 0 Å². The summed E-state index contributed by atoms with van der Waals surface area (Å²) in [6, 6.07) is 0. The fraction of sp³-hybridized carbons (Fsp3) is 0.500. The average Bonchev–Trinajstić information content (AvgIpc) is 1.83. The molecule has 0 radical (unpaired) electrons. The summed E-state index contributed by atoms with van der Waals surface area (Å²) in [4.78, 5) is 4.00. The van der Waals surface area contributed by atoms with Crippen molar-refractivity contribution in [2.24, 2.45) is 4.99 Å². The van der Waals surface area contributed by atoms with Gasteiger partial charge in [-0.05, 0) is 12.7 Å². The first kappa shape index (κ1) is 7.76. The lowest BCUT2D eigenvalue weighted by Gasteiger charge is -1.87. The molecule has 0 fully saturated rings. The van der Waals surface area contributed by atoms with Crippen LogP contribution in [0.25, 0.3) is 0 Å². The highest BCUT2D eigenvalue weighted by Crippen LogP contribution is 1.97. The molecule has 0 aliphatic rings. The lowest BCUT2D eigenvalue weighted by atomic mass is 10.4. The minimum absolute atomic E-state index is 0.942. The fourth-order valence-electron chi connectivity index (χ4n) is 0.219. The molecule has 0 atom stereocenters. The molecule has 0 unspecified atom stereocenters. The topological polar surface area (TPSA) is 12.4 Å². The van der Waals surface area contributed by atoms with Crippen molar-refractivity contribution in [3.05, 3.63) is 12.3 Å². The van der Waals surface area contributed by atoms with E-state index in [4.69, 9.17) is 0 Å². The molecule has 0 saturated carbocycles. The van der Waals surface area contributed by atoms with Gasteiger partial charge < -0.3 is 0 Å². The smallest absolute Gasteiger partial charge is 0.0597 e. The van der Waals surface area contributed by atoms with Gasteiger partial charge in [0.05, 0.1) is 5.55 Å². The standard InChI is InChI=1S/C6H11NS/c1-4-6(2)7-5-8-3/h5H,2,4H2,1,3H3. The molecule has 8 heavy (non-hydrogen) atoms. The van der Waals surface area contributed by atoms with Crippen molar-refractivity contribution in [3.8, 4) is 0 Å². The molecule has 0 aromatic heterocycles. The molecule has 46 valence electrons. The van der Waals surface area contributed by atoms with E-state index in [0.717, 1.165) is 12.1 Å². The van der Waals surface area contributed by atoms with Gasteiger partial charge in [0, 0.05) is 5.70 Å². The number of allylic oxidation sites excluding steroid dienone is 1. The molecular formula is C6H11NS. The first-order valence-electron chi connectivity index (χ1n) is 2.54. The molecule has 0 amide bonds. The van der Waals surface area contributed by atoms with Gasteiger partial charge in [-0.15, -0.1) is 11.8 Å². The molecule has 0 aromatic rings. The fourth-order valence-corrected chi connectivity index (χ4v) is 0.473. The second-order valence-corrected chi connectivity index (χ2v) is 2.07. The van der Waals surface area contributed by atoms with Gasteiger partial charge in [-0.2, -0.15) is 0 Å². The van der Waals surface area contributed by atoms with E-state index in [-0.39, 0.29) is 0 Å². The Bertz CT molecular complexity index is 96.7. The van der Waals surface area contributed by atoms with Crippen molar-refractivity contribution in [1.29, 1.82) is 0 Å². The van der Waals surface area contributed by atoms with Crippen LogP contribution in [0, 0.1) is 0 Å². The molecule has 0 heterocycles. The zero-order valence-corrected chi connectivity index (χ0v) is 6.16. The first-order valence-corrected chi connectivity index (χ1v) is 3.83. The Balaban J connectivity index is 3.37.